The summed E-state index contributed by atoms with van der Waals surface area (Å²) in [5, 5.41) is 10.3. The number of hydrogen-bond acceptors (Lipinski definition) is 2. The van der Waals surface area contributed by atoms with Gasteiger partial charge in [0.15, 0.2) is 0 Å². The second kappa shape index (κ2) is 4.45. The van der Waals surface area contributed by atoms with Crippen LogP contribution in [0.15, 0.2) is 30.3 Å². The van der Waals surface area contributed by atoms with Crippen LogP contribution in [0.5, 0.6) is 0 Å². The van der Waals surface area contributed by atoms with E-state index in [9.17, 15) is 5.11 Å². The van der Waals surface area contributed by atoms with Crippen molar-refractivity contribution in [2.24, 2.45) is 0 Å². The summed E-state index contributed by atoms with van der Waals surface area (Å²) in [5.41, 5.74) is 3.80. The lowest BCUT2D eigenvalue weighted by molar-refractivity contribution is 0.224. The molecule has 0 aliphatic heterocycles. The molecule has 1 nitrogen and oxygen atoms in total. The number of fused-ring (bicyclic) bond motifs is 1. The predicted molar refractivity (Wildman–Crippen MR) is 71.9 cm³/mol. The summed E-state index contributed by atoms with van der Waals surface area (Å²) in [6.45, 7) is 0. The lowest BCUT2D eigenvalue weighted by atomic mass is 10.0. The molecule has 1 aliphatic rings. The lowest BCUT2D eigenvalue weighted by Crippen LogP contribution is -1.98. The first-order valence-electron chi connectivity index (χ1n) is 5.79. The maximum atomic E-state index is 10.3. The van der Waals surface area contributed by atoms with Crippen LogP contribution in [0, 0.1) is 0 Å². The van der Waals surface area contributed by atoms with Gasteiger partial charge < -0.3 is 5.11 Å². The second-order valence-corrected chi connectivity index (χ2v) is 6.17. The van der Waals surface area contributed by atoms with Gasteiger partial charge in [-0.25, -0.2) is 0 Å². The normalized spacial score (nSPS) is 15.9. The fraction of sp³-hybridized carbons (Fsp3) is 0.286. The maximum Gasteiger partial charge on any atom is 0.113 e. The summed E-state index contributed by atoms with van der Waals surface area (Å²) in [6, 6.07) is 10.0. The average molecular weight is 265 g/mol. The van der Waals surface area contributed by atoms with Crippen LogP contribution in [0.3, 0.4) is 0 Å². The van der Waals surface area contributed by atoms with Crippen LogP contribution < -0.4 is 0 Å². The van der Waals surface area contributed by atoms with Crippen molar-refractivity contribution in [3.63, 3.8) is 0 Å². The van der Waals surface area contributed by atoms with E-state index in [1.54, 1.807) is 0 Å². The Labute approximate surface area is 110 Å². The highest BCUT2D eigenvalue weighted by Gasteiger charge is 2.16. The molecule has 1 N–H and O–H groups in total. The number of hydrogen-bond donors (Lipinski definition) is 1. The number of aryl methyl sites for hydroxylation is 2. The zero-order valence-corrected chi connectivity index (χ0v) is 10.9. The number of benzene rings is 1. The van der Waals surface area contributed by atoms with E-state index in [-0.39, 0.29) is 0 Å². The Morgan fingerprint density at radius 2 is 1.94 bits per heavy atom. The van der Waals surface area contributed by atoms with Gasteiger partial charge in [-0.05, 0) is 48.1 Å². The number of rotatable bonds is 2. The zero-order chi connectivity index (χ0) is 11.8. The Morgan fingerprint density at radius 1 is 1.12 bits per heavy atom. The molecule has 0 fully saturated rings. The molecule has 3 heteroatoms. The Bertz CT molecular complexity index is 547. The standard InChI is InChI=1S/C14H13ClOS/c15-13-7-6-12(17-13)14(16)11-5-4-9-2-1-3-10(9)8-11/h4-8,14,16H,1-3H2. The van der Waals surface area contributed by atoms with Gasteiger partial charge in [-0.1, -0.05) is 29.8 Å². The van der Waals surface area contributed by atoms with E-state index in [1.807, 2.05) is 18.2 Å². The van der Waals surface area contributed by atoms with E-state index >= 15 is 0 Å². The molecule has 0 spiro atoms. The number of aliphatic hydroxyl groups is 1. The fourth-order valence-corrected chi connectivity index (χ4v) is 3.48. The molecule has 0 amide bonds. The largest absolute Gasteiger partial charge is 0.383 e. The number of aliphatic hydroxyl groups excluding tert-OH is 1. The summed E-state index contributed by atoms with van der Waals surface area (Å²) < 4.78 is 0.722. The van der Waals surface area contributed by atoms with Gasteiger partial charge in [-0.15, -0.1) is 11.3 Å². The third-order valence-corrected chi connectivity index (χ3v) is 4.59. The van der Waals surface area contributed by atoms with E-state index in [4.69, 9.17) is 11.6 Å². The highest BCUT2D eigenvalue weighted by Crippen LogP contribution is 2.33. The predicted octanol–water partition coefficient (Wildman–Crippen LogP) is 3.97. The van der Waals surface area contributed by atoms with E-state index in [2.05, 4.69) is 12.1 Å². The van der Waals surface area contributed by atoms with Crippen molar-refractivity contribution in [1.82, 2.24) is 0 Å². The van der Waals surface area contributed by atoms with Gasteiger partial charge in [0.2, 0.25) is 0 Å². The molecular formula is C14H13ClOS. The topological polar surface area (TPSA) is 20.2 Å². The van der Waals surface area contributed by atoms with Gasteiger partial charge in [0.25, 0.3) is 0 Å². The molecule has 17 heavy (non-hydrogen) atoms. The van der Waals surface area contributed by atoms with Crippen molar-refractivity contribution in [2.45, 2.75) is 25.4 Å². The van der Waals surface area contributed by atoms with Crippen molar-refractivity contribution in [1.29, 1.82) is 0 Å². The molecule has 1 atom stereocenters. The fourth-order valence-electron chi connectivity index (χ4n) is 2.40. The minimum Gasteiger partial charge on any atom is -0.383 e. The Kier molecular flexibility index (Phi) is 2.95. The SMILES string of the molecule is OC(c1ccc2c(c1)CCC2)c1ccc(Cl)s1. The van der Waals surface area contributed by atoms with Crippen LogP contribution in [0.1, 0.15) is 34.1 Å². The summed E-state index contributed by atoms with van der Waals surface area (Å²) in [5.74, 6) is 0. The van der Waals surface area contributed by atoms with Gasteiger partial charge in [-0.3, -0.25) is 0 Å². The molecule has 0 radical (unpaired) electrons. The Balaban J connectivity index is 1.94. The molecule has 0 saturated carbocycles. The third-order valence-electron chi connectivity index (χ3n) is 3.30. The highest BCUT2D eigenvalue weighted by atomic mass is 35.5. The van der Waals surface area contributed by atoms with E-state index in [0.717, 1.165) is 21.2 Å². The molecule has 0 saturated heterocycles. The van der Waals surface area contributed by atoms with E-state index < -0.39 is 6.10 Å². The molecule has 0 bridgehead atoms. The summed E-state index contributed by atoms with van der Waals surface area (Å²) >= 11 is 7.33. The van der Waals surface area contributed by atoms with Gasteiger partial charge in [0, 0.05) is 4.88 Å². The first-order valence-corrected chi connectivity index (χ1v) is 6.98. The van der Waals surface area contributed by atoms with Crippen molar-refractivity contribution >= 4 is 22.9 Å². The van der Waals surface area contributed by atoms with Gasteiger partial charge in [-0.2, -0.15) is 0 Å². The van der Waals surface area contributed by atoms with Gasteiger partial charge >= 0.3 is 0 Å². The molecule has 1 unspecified atom stereocenters. The van der Waals surface area contributed by atoms with Crippen LogP contribution in [-0.2, 0) is 12.8 Å². The van der Waals surface area contributed by atoms with Crippen LogP contribution >= 0.6 is 22.9 Å². The maximum absolute atomic E-state index is 10.3. The minimum absolute atomic E-state index is 0.543. The lowest BCUT2D eigenvalue weighted by Gasteiger charge is -2.10. The van der Waals surface area contributed by atoms with Crippen molar-refractivity contribution in [2.75, 3.05) is 0 Å². The smallest absolute Gasteiger partial charge is 0.113 e. The summed E-state index contributed by atoms with van der Waals surface area (Å²) in [4.78, 5) is 0.910. The second-order valence-electron chi connectivity index (χ2n) is 4.43. The summed E-state index contributed by atoms with van der Waals surface area (Å²) in [6.07, 6.45) is 3.01. The Hall–Kier alpha value is -0.830. The van der Waals surface area contributed by atoms with Gasteiger partial charge in [0.1, 0.15) is 6.10 Å². The van der Waals surface area contributed by atoms with Crippen LogP contribution in [0.4, 0.5) is 0 Å². The average Bonchev–Trinajstić information content (AvgIpc) is 2.95. The van der Waals surface area contributed by atoms with E-state index in [0.29, 0.717) is 0 Å². The molecule has 1 aliphatic carbocycles. The minimum atomic E-state index is -0.543. The van der Waals surface area contributed by atoms with Crippen LogP contribution in [0.2, 0.25) is 4.34 Å². The van der Waals surface area contributed by atoms with Gasteiger partial charge in [0.05, 0.1) is 4.34 Å². The number of halogens is 1. The first-order chi connectivity index (χ1) is 8.24. The Morgan fingerprint density at radius 3 is 2.71 bits per heavy atom. The quantitative estimate of drug-likeness (QED) is 0.870. The first kappa shape index (κ1) is 11.3. The molecule has 1 heterocycles. The molecule has 1 aromatic heterocycles. The molecular weight excluding hydrogens is 252 g/mol. The molecule has 1 aromatic carbocycles. The van der Waals surface area contributed by atoms with Crippen molar-refractivity contribution in [3.05, 3.63) is 56.2 Å². The van der Waals surface area contributed by atoms with Crippen LogP contribution in [-0.4, -0.2) is 5.11 Å². The number of thiophene rings is 1. The summed E-state index contributed by atoms with van der Waals surface area (Å²) in [7, 11) is 0. The van der Waals surface area contributed by atoms with Crippen molar-refractivity contribution < 1.29 is 5.11 Å². The highest BCUT2D eigenvalue weighted by molar-refractivity contribution is 7.16. The van der Waals surface area contributed by atoms with Crippen molar-refractivity contribution in [3.8, 4) is 0 Å². The van der Waals surface area contributed by atoms with E-state index in [1.165, 1.54) is 35.3 Å². The third kappa shape index (κ3) is 2.13. The molecule has 88 valence electrons. The monoisotopic (exact) mass is 264 g/mol. The molecule has 2 aromatic rings. The zero-order valence-electron chi connectivity index (χ0n) is 9.32. The van der Waals surface area contributed by atoms with Crippen LogP contribution in [0.25, 0.3) is 0 Å². The molecule has 3 rings (SSSR count).